The summed E-state index contributed by atoms with van der Waals surface area (Å²) < 4.78 is 35.7. The minimum Gasteiger partial charge on any atom is -0.457 e. The van der Waals surface area contributed by atoms with E-state index in [2.05, 4.69) is 14.9 Å². The van der Waals surface area contributed by atoms with Crippen LogP contribution in [-0.2, 0) is 10.0 Å². The number of benzene rings is 4. The quantitative estimate of drug-likeness (QED) is 0.238. The minimum atomic E-state index is -4.03. The Labute approximate surface area is 233 Å². The average Bonchev–Trinajstić information content (AvgIpc) is 2.95. The molecule has 1 aliphatic heterocycles. The maximum absolute atomic E-state index is 13.6. The highest BCUT2D eigenvalue weighted by atomic mass is 35.5. The molecule has 1 heterocycles. The molecule has 1 fully saturated rings. The maximum atomic E-state index is 13.6. The summed E-state index contributed by atoms with van der Waals surface area (Å²) in [6.07, 6.45) is 3.08. The number of piperidine rings is 1. The molecule has 2 N–H and O–H groups in total. The number of rotatable bonds is 8. The number of nitrogens with zero attached hydrogens (tertiary/aromatic N) is 1. The van der Waals surface area contributed by atoms with Gasteiger partial charge in [-0.1, -0.05) is 48.0 Å². The van der Waals surface area contributed by atoms with Crippen molar-refractivity contribution in [2.24, 2.45) is 0 Å². The van der Waals surface area contributed by atoms with E-state index < -0.39 is 10.0 Å². The van der Waals surface area contributed by atoms with Gasteiger partial charge in [0.05, 0.1) is 16.4 Å². The fraction of sp³-hybridized carbons (Fsp3) is 0.167. The van der Waals surface area contributed by atoms with Gasteiger partial charge in [-0.3, -0.25) is 9.52 Å². The second kappa shape index (κ2) is 11.8. The van der Waals surface area contributed by atoms with Gasteiger partial charge >= 0.3 is 0 Å². The molecule has 200 valence electrons. The van der Waals surface area contributed by atoms with Crippen LogP contribution in [0.25, 0.3) is 0 Å². The van der Waals surface area contributed by atoms with Gasteiger partial charge in [-0.15, -0.1) is 0 Å². The predicted octanol–water partition coefficient (Wildman–Crippen LogP) is 7.18. The zero-order valence-electron chi connectivity index (χ0n) is 21.1. The van der Waals surface area contributed by atoms with Crippen LogP contribution in [0.2, 0.25) is 5.02 Å². The van der Waals surface area contributed by atoms with Gasteiger partial charge in [-0.25, -0.2) is 8.42 Å². The van der Waals surface area contributed by atoms with Crippen molar-refractivity contribution in [1.29, 1.82) is 0 Å². The van der Waals surface area contributed by atoms with Crippen LogP contribution >= 0.6 is 11.6 Å². The van der Waals surface area contributed by atoms with Gasteiger partial charge in [0.25, 0.3) is 15.9 Å². The Morgan fingerprint density at radius 3 is 2.28 bits per heavy atom. The summed E-state index contributed by atoms with van der Waals surface area (Å²) in [4.78, 5) is 15.3. The van der Waals surface area contributed by atoms with Crippen molar-refractivity contribution in [3.63, 3.8) is 0 Å². The van der Waals surface area contributed by atoms with Gasteiger partial charge in [0.2, 0.25) is 0 Å². The lowest BCUT2D eigenvalue weighted by Crippen LogP contribution is -2.31. The molecule has 1 saturated heterocycles. The second-order valence-electron chi connectivity index (χ2n) is 9.21. The van der Waals surface area contributed by atoms with E-state index in [1.165, 1.54) is 6.07 Å². The molecule has 4 aromatic carbocycles. The van der Waals surface area contributed by atoms with E-state index in [-0.39, 0.29) is 16.5 Å². The van der Waals surface area contributed by atoms with Gasteiger partial charge < -0.3 is 15.0 Å². The zero-order chi connectivity index (χ0) is 27.2. The number of anilines is 3. The van der Waals surface area contributed by atoms with Crippen LogP contribution in [0.4, 0.5) is 17.1 Å². The van der Waals surface area contributed by atoms with E-state index in [9.17, 15) is 13.2 Å². The van der Waals surface area contributed by atoms with Gasteiger partial charge in [0, 0.05) is 24.3 Å². The summed E-state index contributed by atoms with van der Waals surface area (Å²) in [6.45, 7) is 1.52. The SMILES string of the molecule is O=C(Nc1ccc(N2CCCCC2)c(S(=O)(=O)Nc2ccccc2Cl)c1)c1cccc(Oc2ccccc2)c1. The summed E-state index contributed by atoms with van der Waals surface area (Å²) >= 11 is 6.23. The summed E-state index contributed by atoms with van der Waals surface area (Å²) in [7, 11) is -4.03. The van der Waals surface area contributed by atoms with Crippen molar-refractivity contribution in [3.8, 4) is 11.5 Å². The third kappa shape index (κ3) is 6.53. The van der Waals surface area contributed by atoms with Crippen LogP contribution in [0.15, 0.2) is 102 Å². The minimum absolute atomic E-state index is 0.0725. The third-order valence-corrected chi connectivity index (χ3v) is 8.12. The number of sulfonamides is 1. The molecule has 1 aliphatic rings. The van der Waals surface area contributed by atoms with Crippen molar-refractivity contribution < 1.29 is 17.9 Å². The molecule has 0 saturated carbocycles. The van der Waals surface area contributed by atoms with Gasteiger partial charge in [0.1, 0.15) is 16.4 Å². The van der Waals surface area contributed by atoms with Gasteiger partial charge in [0.15, 0.2) is 0 Å². The molecule has 39 heavy (non-hydrogen) atoms. The summed E-state index contributed by atoms with van der Waals surface area (Å²) in [5.41, 5.74) is 1.61. The highest BCUT2D eigenvalue weighted by molar-refractivity contribution is 7.93. The molecule has 0 aliphatic carbocycles. The molecule has 0 atom stereocenters. The van der Waals surface area contributed by atoms with Crippen LogP contribution in [0.5, 0.6) is 11.5 Å². The number of halogens is 1. The van der Waals surface area contributed by atoms with Crippen molar-refractivity contribution in [2.45, 2.75) is 24.2 Å². The Morgan fingerprint density at radius 1 is 0.795 bits per heavy atom. The number of nitrogens with one attached hydrogen (secondary N) is 2. The van der Waals surface area contributed by atoms with E-state index in [1.807, 2.05) is 30.3 Å². The Hall–Kier alpha value is -4.01. The largest absolute Gasteiger partial charge is 0.457 e. The number of hydrogen-bond donors (Lipinski definition) is 2. The van der Waals surface area contributed by atoms with Crippen LogP contribution < -0.4 is 19.7 Å². The van der Waals surface area contributed by atoms with Crippen molar-refractivity contribution in [3.05, 3.63) is 108 Å². The molecule has 5 rings (SSSR count). The number of amides is 1. The van der Waals surface area contributed by atoms with Gasteiger partial charge in [-0.05, 0) is 79.9 Å². The molecule has 0 unspecified atom stereocenters. The Bertz CT molecular complexity index is 1570. The molecule has 0 bridgehead atoms. The molecule has 1 amide bonds. The fourth-order valence-corrected chi connectivity index (χ4v) is 6.05. The second-order valence-corrected chi connectivity index (χ2v) is 11.3. The molecule has 7 nitrogen and oxygen atoms in total. The summed E-state index contributed by atoms with van der Waals surface area (Å²) in [5, 5.41) is 3.13. The molecule has 0 spiro atoms. The van der Waals surface area contributed by atoms with E-state index >= 15 is 0 Å². The zero-order valence-corrected chi connectivity index (χ0v) is 22.7. The first-order valence-corrected chi connectivity index (χ1v) is 14.6. The first-order valence-electron chi connectivity index (χ1n) is 12.7. The van der Waals surface area contributed by atoms with Crippen LogP contribution in [-0.4, -0.2) is 27.4 Å². The molecular formula is C30H28ClN3O4S. The molecule has 0 radical (unpaired) electrons. The molecule has 0 aromatic heterocycles. The summed E-state index contributed by atoms with van der Waals surface area (Å²) in [5.74, 6) is 0.785. The topological polar surface area (TPSA) is 87.7 Å². The molecular weight excluding hydrogens is 534 g/mol. The van der Waals surface area contributed by atoms with Gasteiger partial charge in [-0.2, -0.15) is 0 Å². The van der Waals surface area contributed by atoms with Crippen LogP contribution in [0, 0.1) is 0 Å². The molecule has 4 aromatic rings. The fourth-order valence-electron chi connectivity index (χ4n) is 4.48. The molecule has 9 heteroatoms. The smallest absolute Gasteiger partial charge is 0.264 e. The number of ether oxygens (including phenoxy) is 1. The van der Waals surface area contributed by atoms with Crippen molar-refractivity contribution in [1.82, 2.24) is 0 Å². The normalized spacial score (nSPS) is 13.5. The van der Waals surface area contributed by atoms with E-state index in [0.29, 0.717) is 33.5 Å². The van der Waals surface area contributed by atoms with Crippen molar-refractivity contribution in [2.75, 3.05) is 28.0 Å². The highest BCUT2D eigenvalue weighted by Crippen LogP contribution is 2.33. The number of para-hydroxylation sites is 2. The Morgan fingerprint density at radius 2 is 1.51 bits per heavy atom. The summed E-state index contributed by atoms with van der Waals surface area (Å²) in [6, 6.07) is 27.7. The lowest BCUT2D eigenvalue weighted by Gasteiger charge is -2.30. The van der Waals surface area contributed by atoms with E-state index in [4.69, 9.17) is 16.3 Å². The first kappa shape index (κ1) is 26.6. The van der Waals surface area contributed by atoms with Crippen LogP contribution in [0.3, 0.4) is 0 Å². The Balaban J connectivity index is 1.42. The first-order chi connectivity index (χ1) is 18.9. The van der Waals surface area contributed by atoms with Crippen LogP contribution in [0.1, 0.15) is 29.6 Å². The third-order valence-electron chi connectivity index (χ3n) is 6.40. The number of hydrogen-bond acceptors (Lipinski definition) is 5. The standard InChI is InChI=1S/C30H28ClN3O4S/c31-26-14-5-6-15-27(26)33-39(36,37)29-21-23(16-17-28(29)34-18-7-2-8-19-34)32-30(35)22-10-9-13-25(20-22)38-24-11-3-1-4-12-24/h1,3-6,9-17,20-21,33H,2,7-8,18-19H2,(H,32,35). The maximum Gasteiger partial charge on any atom is 0.264 e. The monoisotopic (exact) mass is 561 g/mol. The van der Waals surface area contributed by atoms with E-state index in [0.717, 1.165) is 32.4 Å². The predicted molar refractivity (Wildman–Crippen MR) is 156 cm³/mol. The Kier molecular flexibility index (Phi) is 8.05. The lowest BCUT2D eigenvalue weighted by molar-refractivity contribution is 0.102. The highest BCUT2D eigenvalue weighted by Gasteiger charge is 2.25. The number of carbonyl (C=O) groups excluding carboxylic acids is 1. The van der Waals surface area contributed by atoms with E-state index in [1.54, 1.807) is 60.7 Å². The number of carbonyl (C=O) groups is 1. The lowest BCUT2D eigenvalue weighted by atomic mass is 10.1. The van der Waals surface area contributed by atoms with Crippen molar-refractivity contribution >= 4 is 44.6 Å². The average molecular weight is 562 g/mol.